The van der Waals surface area contributed by atoms with E-state index in [1.807, 2.05) is 44.2 Å². The third kappa shape index (κ3) is 11.3. The predicted octanol–water partition coefficient (Wildman–Crippen LogP) is -0.737. The van der Waals surface area contributed by atoms with Crippen LogP contribution in [0.3, 0.4) is 0 Å². The number of carbonyl (C=O) groups is 4. The van der Waals surface area contributed by atoms with Crippen molar-refractivity contribution in [3.8, 4) is 0 Å². The van der Waals surface area contributed by atoms with Crippen molar-refractivity contribution in [1.29, 1.82) is 0 Å². The number of aliphatic hydroxyl groups excluding tert-OH is 1. The van der Waals surface area contributed by atoms with Gasteiger partial charge < -0.3 is 37.6 Å². The number of aliphatic carboxylic acids is 1. The molecular weight excluding hydrogens is 454 g/mol. The van der Waals surface area contributed by atoms with Gasteiger partial charge in [-0.2, -0.15) is 0 Å². The highest BCUT2D eigenvalue weighted by Gasteiger charge is 2.30. The summed E-state index contributed by atoms with van der Waals surface area (Å²) in [5, 5.41) is 25.8. The van der Waals surface area contributed by atoms with Crippen molar-refractivity contribution in [2.75, 3.05) is 13.2 Å². The van der Waals surface area contributed by atoms with Crippen LogP contribution in [0.4, 0.5) is 0 Å². The van der Waals surface area contributed by atoms with Crippen LogP contribution in [0.5, 0.6) is 0 Å². The van der Waals surface area contributed by atoms with Crippen molar-refractivity contribution in [2.24, 2.45) is 17.4 Å². The van der Waals surface area contributed by atoms with Crippen LogP contribution in [0.15, 0.2) is 30.3 Å². The Balaban J connectivity index is 2.93. The van der Waals surface area contributed by atoms with Crippen LogP contribution in [0, 0.1) is 5.92 Å². The summed E-state index contributed by atoms with van der Waals surface area (Å²) in [6.07, 6.45) is 2.02. The van der Waals surface area contributed by atoms with E-state index in [0.29, 0.717) is 25.8 Å². The largest absolute Gasteiger partial charge is 0.480 e. The minimum atomic E-state index is -1.50. The third-order valence-corrected chi connectivity index (χ3v) is 5.35. The van der Waals surface area contributed by atoms with Crippen LogP contribution < -0.4 is 27.4 Å². The van der Waals surface area contributed by atoms with E-state index in [9.17, 15) is 24.3 Å². The van der Waals surface area contributed by atoms with Gasteiger partial charge in [0.1, 0.15) is 18.1 Å². The Kier molecular flexibility index (Phi) is 13.5. The molecule has 0 aromatic heterocycles. The van der Waals surface area contributed by atoms with Crippen LogP contribution in [-0.4, -0.2) is 71.2 Å². The number of benzene rings is 1. The van der Waals surface area contributed by atoms with Gasteiger partial charge in [-0.1, -0.05) is 44.2 Å². The van der Waals surface area contributed by atoms with Gasteiger partial charge >= 0.3 is 5.97 Å². The summed E-state index contributed by atoms with van der Waals surface area (Å²) in [5.41, 5.74) is 12.5. The Morgan fingerprint density at radius 3 is 2.00 bits per heavy atom. The number of nitrogens with one attached hydrogen (secondary N) is 3. The van der Waals surface area contributed by atoms with Crippen molar-refractivity contribution in [2.45, 2.75) is 70.1 Å². The van der Waals surface area contributed by atoms with Gasteiger partial charge in [0.25, 0.3) is 0 Å². The van der Waals surface area contributed by atoms with E-state index in [0.717, 1.165) is 5.56 Å². The quantitative estimate of drug-likeness (QED) is 0.146. The summed E-state index contributed by atoms with van der Waals surface area (Å²) in [6.45, 7) is 3.32. The first-order chi connectivity index (χ1) is 16.6. The highest BCUT2D eigenvalue weighted by molar-refractivity contribution is 5.94. The maximum absolute atomic E-state index is 13.1. The van der Waals surface area contributed by atoms with Crippen LogP contribution in [0.1, 0.15) is 45.1 Å². The van der Waals surface area contributed by atoms with Crippen LogP contribution in [0.2, 0.25) is 0 Å². The average Bonchev–Trinajstić information content (AvgIpc) is 2.81. The van der Waals surface area contributed by atoms with Crippen molar-refractivity contribution < 1.29 is 29.4 Å². The molecule has 0 aliphatic heterocycles. The molecule has 4 unspecified atom stereocenters. The molecule has 1 aromatic rings. The Bertz CT molecular complexity index is 820. The van der Waals surface area contributed by atoms with Crippen molar-refractivity contribution in [1.82, 2.24) is 16.0 Å². The summed E-state index contributed by atoms with van der Waals surface area (Å²) in [4.78, 5) is 49.7. The summed E-state index contributed by atoms with van der Waals surface area (Å²) in [7, 11) is 0. The van der Waals surface area contributed by atoms with Crippen molar-refractivity contribution in [3.63, 3.8) is 0 Å². The molecule has 1 rings (SSSR count). The second kappa shape index (κ2) is 15.8. The first-order valence-electron chi connectivity index (χ1n) is 11.8. The lowest BCUT2D eigenvalue weighted by molar-refractivity contribution is -0.143. The highest BCUT2D eigenvalue weighted by Crippen LogP contribution is 2.09. The molecule has 0 radical (unpaired) electrons. The number of nitrogens with two attached hydrogens (primary N) is 2. The summed E-state index contributed by atoms with van der Waals surface area (Å²) in [5.74, 6) is -3.22. The van der Waals surface area contributed by atoms with E-state index in [-0.39, 0.29) is 18.8 Å². The number of amides is 3. The highest BCUT2D eigenvalue weighted by atomic mass is 16.4. The first-order valence-corrected chi connectivity index (χ1v) is 11.8. The second-order valence-corrected chi connectivity index (χ2v) is 8.91. The molecule has 0 aliphatic rings. The summed E-state index contributed by atoms with van der Waals surface area (Å²) >= 11 is 0. The molecular formula is C24H39N5O6. The lowest BCUT2D eigenvalue weighted by Crippen LogP contribution is -2.57. The predicted molar refractivity (Wildman–Crippen MR) is 131 cm³/mol. The number of carboxylic acids is 1. The maximum Gasteiger partial charge on any atom is 0.328 e. The molecule has 35 heavy (non-hydrogen) atoms. The Hall–Kier alpha value is -3.02. The number of rotatable bonds is 16. The molecule has 11 nitrogen and oxygen atoms in total. The monoisotopic (exact) mass is 493 g/mol. The van der Waals surface area contributed by atoms with E-state index in [4.69, 9.17) is 16.6 Å². The van der Waals surface area contributed by atoms with Gasteiger partial charge in [0, 0.05) is 0 Å². The lowest BCUT2D eigenvalue weighted by atomic mass is 10.0. The minimum absolute atomic E-state index is 0.00645. The molecule has 11 heteroatoms. The Labute approximate surface area is 206 Å². The zero-order valence-electron chi connectivity index (χ0n) is 20.4. The smallest absolute Gasteiger partial charge is 0.328 e. The van der Waals surface area contributed by atoms with Gasteiger partial charge in [0.05, 0.1) is 12.6 Å². The maximum atomic E-state index is 13.1. The number of hydrogen-bond donors (Lipinski definition) is 7. The normalized spacial score (nSPS) is 14.5. The Morgan fingerprint density at radius 2 is 1.46 bits per heavy atom. The van der Waals surface area contributed by atoms with Gasteiger partial charge in [0.15, 0.2) is 0 Å². The van der Waals surface area contributed by atoms with Crippen LogP contribution in [0.25, 0.3) is 0 Å². The minimum Gasteiger partial charge on any atom is -0.480 e. The first kappa shape index (κ1) is 30.0. The SMILES string of the molecule is CC(C)CC(NC(=O)C(CCCCN)NC(=O)C(N)Cc1ccccc1)C(=O)NC(CO)C(=O)O. The molecule has 3 amide bonds. The van der Waals surface area contributed by atoms with Crippen LogP contribution >= 0.6 is 0 Å². The second-order valence-electron chi connectivity index (χ2n) is 8.91. The fraction of sp³-hybridized carbons (Fsp3) is 0.583. The van der Waals surface area contributed by atoms with E-state index in [1.54, 1.807) is 0 Å². The van der Waals surface area contributed by atoms with Crippen LogP contribution in [-0.2, 0) is 25.6 Å². The van der Waals surface area contributed by atoms with E-state index in [1.165, 1.54) is 0 Å². The molecule has 0 bridgehead atoms. The van der Waals surface area contributed by atoms with Gasteiger partial charge in [-0.05, 0) is 50.1 Å². The van der Waals surface area contributed by atoms with E-state index >= 15 is 0 Å². The molecule has 0 saturated heterocycles. The number of hydrogen-bond acceptors (Lipinski definition) is 7. The summed E-state index contributed by atoms with van der Waals surface area (Å²) < 4.78 is 0. The molecule has 0 fully saturated rings. The fourth-order valence-corrected chi connectivity index (χ4v) is 3.43. The molecule has 0 aliphatic carbocycles. The number of carbonyl (C=O) groups excluding carboxylic acids is 3. The molecule has 4 atom stereocenters. The molecule has 0 spiro atoms. The molecule has 196 valence electrons. The standard InChI is InChI=1S/C24H39N5O6/c1-15(2)12-19(23(33)29-20(14-30)24(34)35)28-22(32)18(10-6-7-11-25)27-21(31)17(26)13-16-8-4-3-5-9-16/h3-5,8-9,15,17-20,30H,6-7,10-14,25-26H2,1-2H3,(H,27,31)(H,28,32)(H,29,33)(H,34,35). The van der Waals surface area contributed by atoms with Gasteiger partial charge in [0.2, 0.25) is 17.7 Å². The number of aliphatic hydroxyl groups is 1. The number of unbranched alkanes of at least 4 members (excludes halogenated alkanes) is 1. The Morgan fingerprint density at radius 1 is 0.886 bits per heavy atom. The van der Waals surface area contributed by atoms with Gasteiger partial charge in [-0.15, -0.1) is 0 Å². The topological polar surface area (TPSA) is 197 Å². The third-order valence-electron chi connectivity index (χ3n) is 5.35. The average molecular weight is 494 g/mol. The van der Waals surface area contributed by atoms with Crippen molar-refractivity contribution >= 4 is 23.7 Å². The molecule has 0 heterocycles. The zero-order valence-corrected chi connectivity index (χ0v) is 20.4. The lowest BCUT2D eigenvalue weighted by Gasteiger charge is -2.26. The van der Waals surface area contributed by atoms with Gasteiger partial charge in [-0.25, -0.2) is 4.79 Å². The number of carboxylic acid groups (broad SMARTS) is 1. The molecule has 9 N–H and O–H groups in total. The van der Waals surface area contributed by atoms with Crippen molar-refractivity contribution in [3.05, 3.63) is 35.9 Å². The van der Waals surface area contributed by atoms with E-state index in [2.05, 4.69) is 16.0 Å². The fourth-order valence-electron chi connectivity index (χ4n) is 3.43. The summed E-state index contributed by atoms with van der Waals surface area (Å²) in [6, 6.07) is 4.87. The molecule has 1 aromatic carbocycles. The molecule has 0 saturated carbocycles. The zero-order chi connectivity index (χ0) is 26.4. The van der Waals surface area contributed by atoms with Gasteiger partial charge in [-0.3, -0.25) is 14.4 Å². The van der Waals surface area contributed by atoms with E-state index < -0.39 is 54.5 Å².